The number of esters is 1. The maximum atomic E-state index is 14.9. The van der Waals surface area contributed by atoms with Crippen LogP contribution in [0.25, 0.3) is 10.8 Å². The lowest BCUT2D eigenvalue weighted by Crippen LogP contribution is -2.49. The predicted molar refractivity (Wildman–Crippen MR) is 204 cm³/mol. The monoisotopic (exact) mass is 855 g/mol. The number of pyridine rings is 1. The Hall–Kier alpha value is -4.35. The summed E-state index contributed by atoms with van der Waals surface area (Å²) < 4.78 is 113. The molecule has 1 aromatic carbocycles. The average Bonchev–Trinajstić information content (AvgIpc) is 4.06. The van der Waals surface area contributed by atoms with Crippen molar-refractivity contribution in [2.75, 3.05) is 20.3 Å². The second kappa shape index (κ2) is 16.3. The summed E-state index contributed by atoms with van der Waals surface area (Å²) in [7, 11) is -3.13. The minimum absolute atomic E-state index is 0.0243. The van der Waals surface area contributed by atoms with E-state index in [9.17, 15) is 49.5 Å². The summed E-state index contributed by atoms with van der Waals surface area (Å²) in [6, 6.07) is 2.92. The quantitative estimate of drug-likeness (QED) is 0.158. The van der Waals surface area contributed by atoms with Gasteiger partial charge in [-0.3, -0.25) is 23.9 Å². The van der Waals surface area contributed by atoms with Crippen LogP contribution in [0, 0.1) is 34.9 Å². The number of rotatable bonds is 10. The Labute approximate surface area is 339 Å². The first kappa shape index (κ1) is 44.2. The SMILES string of the molecule is COc1cc2ccnc(O[C@@H]3C[C@H]4C(=O)C[C@]5(C(=O)NS(=O)(=O)C6(CF)CC6)C[C@H]5/C=C\CC[C@@H](C)C[C@@H](C)[C@H](CC(=O)OC(C)(C)C(F)(F)F)C(=O)N4C3)c2cc1F. The molecule has 2 aliphatic heterocycles. The van der Waals surface area contributed by atoms with Crippen molar-refractivity contribution in [3.05, 3.63) is 42.4 Å². The van der Waals surface area contributed by atoms with Crippen LogP contribution in [-0.4, -0.2) is 90.9 Å². The third-order valence-corrected chi connectivity index (χ3v) is 14.6. The van der Waals surface area contributed by atoms with E-state index in [4.69, 9.17) is 14.2 Å². The highest BCUT2D eigenvalue weighted by atomic mass is 32.2. The van der Waals surface area contributed by atoms with Gasteiger partial charge in [-0.2, -0.15) is 13.2 Å². The molecule has 324 valence electrons. The van der Waals surface area contributed by atoms with Crippen LogP contribution in [-0.2, 0) is 33.9 Å². The lowest BCUT2D eigenvalue weighted by Gasteiger charge is -2.33. The number of allylic oxidation sites excluding steroid dienone is 2. The summed E-state index contributed by atoms with van der Waals surface area (Å²) in [5.41, 5.74) is -4.40. The summed E-state index contributed by atoms with van der Waals surface area (Å²) >= 11 is 0. The third-order valence-electron chi connectivity index (χ3n) is 12.5. The van der Waals surface area contributed by atoms with Crippen LogP contribution >= 0.6 is 0 Å². The molecule has 2 saturated carbocycles. The van der Waals surface area contributed by atoms with Gasteiger partial charge in [-0.15, -0.1) is 0 Å². The van der Waals surface area contributed by atoms with Crippen molar-refractivity contribution >= 4 is 44.4 Å². The lowest BCUT2D eigenvalue weighted by molar-refractivity contribution is -0.257. The van der Waals surface area contributed by atoms with Crippen molar-refractivity contribution in [2.24, 2.45) is 29.1 Å². The van der Waals surface area contributed by atoms with Crippen LogP contribution in [0.1, 0.15) is 85.5 Å². The number of methoxy groups -OCH3 is 1. The summed E-state index contributed by atoms with van der Waals surface area (Å²) in [5.74, 6) is -6.75. The minimum Gasteiger partial charge on any atom is -0.494 e. The second-order valence-electron chi connectivity index (χ2n) is 17.3. The Morgan fingerprint density at radius 3 is 2.46 bits per heavy atom. The summed E-state index contributed by atoms with van der Waals surface area (Å²) in [6.07, 6.45) is -0.583. The van der Waals surface area contributed by atoms with Gasteiger partial charge in [-0.1, -0.05) is 26.0 Å². The van der Waals surface area contributed by atoms with Crippen LogP contribution in [0.2, 0.25) is 0 Å². The first-order chi connectivity index (χ1) is 27.6. The van der Waals surface area contributed by atoms with E-state index < -0.39 is 111 Å². The van der Waals surface area contributed by atoms with Crippen LogP contribution < -0.4 is 14.2 Å². The first-order valence-electron chi connectivity index (χ1n) is 19.8. The summed E-state index contributed by atoms with van der Waals surface area (Å²) in [4.78, 5) is 62.0. The Bertz CT molecular complexity index is 2130. The zero-order chi connectivity index (χ0) is 43.3. The number of fused-ring (bicyclic) bond motifs is 3. The molecule has 0 bridgehead atoms. The molecule has 2 aliphatic carbocycles. The van der Waals surface area contributed by atoms with Crippen molar-refractivity contribution in [2.45, 2.75) is 114 Å². The number of aromatic nitrogens is 1. The highest BCUT2D eigenvalue weighted by Crippen LogP contribution is 2.58. The Balaban J connectivity index is 1.36. The third kappa shape index (κ3) is 8.92. The van der Waals surface area contributed by atoms with Crippen molar-refractivity contribution in [1.29, 1.82) is 0 Å². The fraction of sp³-hybridized carbons (Fsp3) is 0.634. The Morgan fingerprint density at radius 2 is 1.81 bits per heavy atom. The average molecular weight is 856 g/mol. The number of Topliss-reactive ketones (excluding diaryl/α,β-unsaturated/α-hetero) is 1. The second-order valence-corrected chi connectivity index (χ2v) is 19.4. The van der Waals surface area contributed by atoms with Gasteiger partial charge in [-0.25, -0.2) is 22.2 Å². The van der Waals surface area contributed by atoms with E-state index in [1.807, 2.05) is 13.0 Å². The molecule has 0 spiro atoms. The summed E-state index contributed by atoms with van der Waals surface area (Å²) in [5, 5.41) is 0.766. The smallest absolute Gasteiger partial charge is 0.427 e. The van der Waals surface area contributed by atoms with Crippen LogP contribution in [0.3, 0.4) is 0 Å². The molecule has 12 nitrogen and oxygen atoms in total. The molecule has 4 aliphatic rings. The molecule has 2 aromatic rings. The van der Waals surface area contributed by atoms with Crippen molar-refractivity contribution < 1.29 is 63.8 Å². The Kier molecular flexibility index (Phi) is 12.2. The van der Waals surface area contributed by atoms with E-state index in [0.29, 0.717) is 38.5 Å². The molecule has 1 aromatic heterocycles. The molecule has 18 heteroatoms. The lowest BCUT2D eigenvalue weighted by atomic mass is 9.82. The largest absolute Gasteiger partial charge is 0.494 e. The topological polar surface area (TPSA) is 158 Å². The predicted octanol–water partition coefficient (Wildman–Crippen LogP) is 6.55. The van der Waals surface area contributed by atoms with E-state index in [2.05, 4.69) is 9.71 Å². The number of nitrogens with zero attached hydrogens (tertiary/aromatic N) is 2. The molecule has 2 amide bonds. The molecule has 1 N–H and O–H groups in total. The number of hydrogen-bond donors (Lipinski definition) is 1. The zero-order valence-corrected chi connectivity index (χ0v) is 34.4. The number of carbonyl (C=O) groups is 4. The molecule has 0 radical (unpaired) electrons. The normalized spacial score (nSPS) is 29.4. The molecule has 0 unspecified atom stereocenters. The molecular weight excluding hydrogens is 806 g/mol. The fourth-order valence-corrected chi connectivity index (χ4v) is 9.81. The zero-order valence-electron chi connectivity index (χ0n) is 33.6. The molecule has 6 rings (SSSR count). The number of sulfonamides is 1. The number of ketones is 1. The number of ether oxygens (including phenoxy) is 3. The number of halogens is 5. The van der Waals surface area contributed by atoms with E-state index in [1.165, 1.54) is 30.3 Å². The van der Waals surface area contributed by atoms with Gasteiger partial charge in [0.05, 0.1) is 37.5 Å². The van der Waals surface area contributed by atoms with Gasteiger partial charge < -0.3 is 19.1 Å². The number of hydrogen-bond acceptors (Lipinski definition) is 10. The van der Waals surface area contributed by atoms with Gasteiger partial charge in [-0.05, 0) is 93.7 Å². The fourth-order valence-electron chi connectivity index (χ4n) is 8.36. The van der Waals surface area contributed by atoms with Gasteiger partial charge in [0, 0.05) is 24.4 Å². The number of benzene rings is 1. The van der Waals surface area contributed by atoms with Crippen LogP contribution in [0.5, 0.6) is 11.6 Å². The maximum Gasteiger partial charge on any atom is 0.427 e. The molecular formula is C41H50F5N3O9S. The number of alkyl halides is 4. The van der Waals surface area contributed by atoms with Crippen molar-refractivity contribution in [3.63, 3.8) is 0 Å². The molecule has 7 atom stereocenters. The molecule has 1 saturated heterocycles. The summed E-state index contributed by atoms with van der Waals surface area (Å²) in [6.45, 7) is 3.59. The number of amides is 2. The number of carbonyl (C=O) groups excluding carboxylic acids is 4. The van der Waals surface area contributed by atoms with E-state index in [0.717, 1.165) is 0 Å². The Morgan fingerprint density at radius 1 is 1.10 bits per heavy atom. The van der Waals surface area contributed by atoms with E-state index in [1.54, 1.807) is 19.1 Å². The van der Waals surface area contributed by atoms with Crippen LogP contribution in [0.4, 0.5) is 22.0 Å². The maximum absolute atomic E-state index is 14.9. The van der Waals surface area contributed by atoms with Crippen molar-refractivity contribution in [3.8, 4) is 11.6 Å². The number of nitrogens with one attached hydrogen (secondary N) is 1. The van der Waals surface area contributed by atoms with E-state index >= 15 is 0 Å². The highest BCUT2D eigenvalue weighted by Gasteiger charge is 2.63. The van der Waals surface area contributed by atoms with Gasteiger partial charge in [0.15, 0.2) is 17.3 Å². The standard InChI is InChI=1S/C41H50F5N3O9S/c1-23-8-6-7-9-26-19-40(26,37(53)48-59(54,55)39(22-42)11-12-39)20-32(50)31-16-27(57-35-29-17-30(43)33(56-5)15-25(29)10-13-47-35)21-49(31)36(52)28(24(2)14-23)18-34(51)58-38(3,4)41(44,45)46/h7,9-10,13,15,17,23-24,26-28,31H,6,8,11-12,14,16,18-22H2,1-5H3,(H,48,53)/b9-7-/t23-,24-,26-,27-,28+,31+,40-/m1/s1. The molecule has 3 heterocycles. The van der Waals surface area contributed by atoms with Crippen LogP contribution in [0.15, 0.2) is 36.5 Å². The minimum atomic E-state index is -4.91. The van der Waals surface area contributed by atoms with Gasteiger partial charge in [0.2, 0.25) is 33.3 Å². The van der Waals surface area contributed by atoms with E-state index in [-0.39, 0.29) is 55.2 Å². The van der Waals surface area contributed by atoms with Crippen molar-refractivity contribution in [1.82, 2.24) is 14.6 Å². The van der Waals surface area contributed by atoms with Gasteiger partial charge in [0.1, 0.15) is 17.5 Å². The van der Waals surface area contributed by atoms with Gasteiger partial charge >= 0.3 is 12.1 Å². The molecule has 3 fully saturated rings. The van der Waals surface area contributed by atoms with Gasteiger partial charge in [0.25, 0.3) is 0 Å². The highest BCUT2D eigenvalue weighted by molar-refractivity contribution is 7.91. The molecule has 59 heavy (non-hydrogen) atoms. The first-order valence-corrected chi connectivity index (χ1v) is 21.3.